The zero-order chi connectivity index (χ0) is 15.2. The van der Waals surface area contributed by atoms with Gasteiger partial charge in [-0.1, -0.05) is 32.8 Å². The molecule has 0 N–H and O–H groups in total. The first-order valence-corrected chi connectivity index (χ1v) is 8.02. The van der Waals surface area contributed by atoms with Crippen molar-refractivity contribution in [2.75, 3.05) is 6.54 Å². The predicted molar refractivity (Wildman–Crippen MR) is 83.2 cm³/mol. The van der Waals surface area contributed by atoms with Gasteiger partial charge >= 0.3 is 0 Å². The van der Waals surface area contributed by atoms with Gasteiger partial charge in [-0.05, 0) is 49.4 Å². The highest BCUT2D eigenvalue weighted by Gasteiger charge is 2.22. The van der Waals surface area contributed by atoms with E-state index in [2.05, 4.69) is 18.7 Å². The van der Waals surface area contributed by atoms with Crippen LogP contribution in [0, 0.1) is 23.1 Å². The van der Waals surface area contributed by atoms with Crippen LogP contribution in [0.4, 0.5) is 4.39 Å². The molecule has 0 saturated heterocycles. The molecule has 1 aliphatic rings. The number of nitriles is 1. The first kappa shape index (κ1) is 16.0. The Hall–Kier alpha value is -1.40. The van der Waals surface area contributed by atoms with Crippen LogP contribution in [0.15, 0.2) is 18.2 Å². The Morgan fingerprint density at radius 3 is 2.67 bits per heavy atom. The Morgan fingerprint density at radius 2 is 2.05 bits per heavy atom. The van der Waals surface area contributed by atoms with E-state index >= 15 is 0 Å². The number of hydrogen-bond donors (Lipinski definition) is 0. The molecular weight excluding hydrogens is 263 g/mol. The molecule has 1 aliphatic carbocycles. The Kier molecular flexibility index (Phi) is 5.76. The van der Waals surface area contributed by atoms with E-state index in [9.17, 15) is 4.39 Å². The summed E-state index contributed by atoms with van der Waals surface area (Å²) in [6.45, 7) is 6.41. The fourth-order valence-electron chi connectivity index (χ4n) is 3.08. The summed E-state index contributed by atoms with van der Waals surface area (Å²) < 4.78 is 13.4. The van der Waals surface area contributed by atoms with E-state index < -0.39 is 5.82 Å². The highest BCUT2D eigenvalue weighted by molar-refractivity contribution is 5.34. The third kappa shape index (κ3) is 4.54. The maximum absolute atomic E-state index is 13.4. The second-order valence-electron chi connectivity index (χ2n) is 6.52. The summed E-state index contributed by atoms with van der Waals surface area (Å²) in [6, 6.07) is 7.52. The van der Waals surface area contributed by atoms with Gasteiger partial charge in [-0.2, -0.15) is 5.26 Å². The molecule has 3 heteroatoms. The first-order chi connectivity index (χ1) is 10.1. The van der Waals surface area contributed by atoms with Gasteiger partial charge in [0.15, 0.2) is 0 Å². The van der Waals surface area contributed by atoms with E-state index in [1.165, 1.54) is 38.2 Å². The van der Waals surface area contributed by atoms with Gasteiger partial charge in [-0.3, -0.25) is 4.90 Å². The summed E-state index contributed by atoms with van der Waals surface area (Å²) in [5, 5.41) is 8.96. The molecule has 1 aromatic rings. The SMILES string of the molecule is CC(C)CCN(Cc1ccc(F)c(C#N)c1)C1CCCC1. The lowest BCUT2D eigenvalue weighted by Crippen LogP contribution is -2.34. The lowest BCUT2D eigenvalue weighted by atomic mass is 10.1. The van der Waals surface area contributed by atoms with Crippen molar-refractivity contribution < 1.29 is 4.39 Å². The highest BCUT2D eigenvalue weighted by Crippen LogP contribution is 2.26. The van der Waals surface area contributed by atoms with Gasteiger partial charge < -0.3 is 0 Å². The fraction of sp³-hybridized carbons (Fsp3) is 0.611. The standard InChI is InChI=1S/C18H25FN2/c1-14(2)9-10-21(17-5-3-4-6-17)13-15-7-8-18(19)16(11-15)12-20/h7-8,11,14,17H,3-6,9-10,13H2,1-2H3. The van der Waals surface area contributed by atoms with Crippen molar-refractivity contribution in [1.29, 1.82) is 5.26 Å². The third-order valence-electron chi connectivity index (χ3n) is 4.37. The predicted octanol–water partition coefficient (Wildman–Crippen LogP) is 4.49. The molecule has 0 atom stereocenters. The van der Waals surface area contributed by atoms with Crippen molar-refractivity contribution in [3.8, 4) is 6.07 Å². The van der Waals surface area contributed by atoms with Crippen LogP contribution in [0.3, 0.4) is 0 Å². The molecule has 0 aromatic heterocycles. The number of rotatable bonds is 6. The quantitative estimate of drug-likeness (QED) is 0.771. The first-order valence-electron chi connectivity index (χ1n) is 8.02. The van der Waals surface area contributed by atoms with Crippen LogP contribution in [0.5, 0.6) is 0 Å². The number of hydrogen-bond acceptors (Lipinski definition) is 2. The minimum atomic E-state index is -0.421. The largest absolute Gasteiger partial charge is 0.296 e. The maximum Gasteiger partial charge on any atom is 0.140 e. The molecular formula is C18H25FN2. The molecule has 0 unspecified atom stereocenters. The second kappa shape index (κ2) is 7.56. The molecule has 0 spiro atoms. The number of halogens is 1. The van der Waals surface area contributed by atoms with E-state index in [4.69, 9.17) is 5.26 Å². The zero-order valence-corrected chi connectivity index (χ0v) is 13.1. The average Bonchev–Trinajstić information content (AvgIpc) is 2.99. The Labute approximate surface area is 127 Å². The van der Waals surface area contributed by atoms with E-state index in [1.54, 1.807) is 6.07 Å². The minimum absolute atomic E-state index is 0.155. The molecule has 0 aliphatic heterocycles. The molecule has 1 fully saturated rings. The van der Waals surface area contributed by atoms with Crippen molar-refractivity contribution in [2.45, 2.75) is 58.5 Å². The smallest absolute Gasteiger partial charge is 0.140 e. The lowest BCUT2D eigenvalue weighted by Gasteiger charge is -2.29. The van der Waals surface area contributed by atoms with Crippen molar-refractivity contribution >= 4 is 0 Å². The maximum atomic E-state index is 13.4. The van der Waals surface area contributed by atoms with E-state index in [-0.39, 0.29) is 5.56 Å². The van der Waals surface area contributed by atoms with Crippen molar-refractivity contribution in [2.24, 2.45) is 5.92 Å². The van der Waals surface area contributed by atoms with Gasteiger partial charge in [0, 0.05) is 12.6 Å². The number of nitrogens with zero attached hydrogens (tertiary/aromatic N) is 2. The van der Waals surface area contributed by atoms with Gasteiger partial charge in [0.05, 0.1) is 5.56 Å². The molecule has 2 nitrogen and oxygen atoms in total. The van der Waals surface area contributed by atoms with E-state index in [1.807, 2.05) is 12.1 Å². The van der Waals surface area contributed by atoms with Gasteiger partial charge in [-0.25, -0.2) is 4.39 Å². The summed E-state index contributed by atoms with van der Waals surface area (Å²) in [6.07, 6.45) is 6.35. The third-order valence-corrected chi connectivity index (χ3v) is 4.37. The normalized spacial score (nSPS) is 15.8. The van der Waals surface area contributed by atoms with Crippen LogP contribution >= 0.6 is 0 Å². The lowest BCUT2D eigenvalue weighted by molar-refractivity contribution is 0.179. The Balaban J connectivity index is 2.08. The molecule has 2 rings (SSSR count). The highest BCUT2D eigenvalue weighted by atomic mass is 19.1. The molecule has 0 heterocycles. The van der Waals surface area contributed by atoms with Crippen LogP contribution < -0.4 is 0 Å². The van der Waals surface area contributed by atoms with Crippen LogP contribution in [-0.4, -0.2) is 17.5 Å². The molecule has 21 heavy (non-hydrogen) atoms. The van der Waals surface area contributed by atoms with Gasteiger partial charge in [0.1, 0.15) is 11.9 Å². The molecule has 0 radical (unpaired) electrons. The average molecular weight is 288 g/mol. The van der Waals surface area contributed by atoms with Crippen LogP contribution in [0.1, 0.15) is 57.1 Å². The van der Waals surface area contributed by atoms with Gasteiger partial charge in [0.25, 0.3) is 0 Å². The summed E-state index contributed by atoms with van der Waals surface area (Å²) in [4.78, 5) is 2.53. The Morgan fingerprint density at radius 1 is 1.33 bits per heavy atom. The number of benzene rings is 1. The van der Waals surface area contributed by atoms with Gasteiger partial charge in [-0.15, -0.1) is 0 Å². The van der Waals surface area contributed by atoms with Crippen LogP contribution in [0.2, 0.25) is 0 Å². The fourth-order valence-corrected chi connectivity index (χ4v) is 3.08. The van der Waals surface area contributed by atoms with Crippen molar-refractivity contribution in [1.82, 2.24) is 4.90 Å². The van der Waals surface area contributed by atoms with Gasteiger partial charge in [0.2, 0.25) is 0 Å². The Bertz CT molecular complexity index is 498. The van der Waals surface area contributed by atoms with E-state index in [0.29, 0.717) is 12.0 Å². The monoisotopic (exact) mass is 288 g/mol. The summed E-state index contributed by atoms with van der Waals surface area (Å²) in [7, 11) is 0. The van der Waals surface area contributed by atoms with E-state index in [0.717, 1.165) is 18.7 Å². The van der Waals surface area contributed by atoms with Crippen molar-refractivity contribution in [3.63, 3.8) is 0 Å². The molecule has 1 saturated carbocycles. The van der Waals surface area contributed by atoms with Crippen LogP contribution in [0.25, 0.3) is 0 Å². The zero-order valence-electron chi connectivity index (χ0n) is 13.1. The van der Waals surface area contributed by atoms with Crippen molar-refractivity contribution in [3.05, 3.63) is 35.1 Å². The molecule has 0 amide bonds. The molecule has 0 bridgehead atoms. The second-order valence-corrected chi connectivity index (χ2v) is 6.52. The minimum Gasteiger partial charge on any atom is -0.296 e. The summed E-state index contributed by atoms with van der Waals surface area (Å²) in [5.41, 5.74) is 1.20. The molecule has 114 valence electrons. The molecule has 1 aromatic carbocycles. The van der Waals surface area contributed by atoms with Crippen LogP contribution in [-0.2, 0) is 6.54 Å². The summed E-state index contributed by atoms with van der Waals surface area (Å²) >= 11 is 0. The topological polar surface area (TPSA) is 27.0 Å². The summed E-state index contributed by atoms with van der Waals surface area (Å²) in [5.74, 6) is 0.271.